The van der Waals surface area contributed by atoms with E-state index in [9.17, 15) is 9.59 Å². The number of thioether (sulfide) groups is 2. The zero-order valence-electron chi connectivity index (χ0n) is 11.5. The number of hydrogen-bond donors (Lipinski definition) is 2. The maximum atomic E-state index is 11.9. The van der Waals surface area contributed by atoms with E-state index in [0.717, 1.165) is 22.3 Å². The van der Waals surface area contributed by atoms with Crippen molar-refractivity contribution in [3.8, 4) is 0 Å². The highest BCUT2D eigenvalue weighted by Crippen LogP contribution is 2.24. The fraction of sp³-hybridized carbons (Fsp3) is 0.231. The van der Waals surface area contributed by atoms with Gasteiger partial charge in [0.05, 0.1) is 11.4 Å². The number of H-pyrrole nitrogens is 1. The Bertz CT molecular complexity index is 703. The number of amides is 1. The van der Waals surface area contributed by atoms with Crippen molar-refractivity contribution in [3.63, 3.8) is 0 Å². The summed E-state index contributed by atoms with van der Waals surface area (Å²) in [6, 6.07) is 7.58. The summed E-state index contributed by atoms with van der Waals surface area (Å²) in [6.45, 7) is 1.58. The smallest absolute Gasteiger partial charge is 0.273 e. The first-order valence-corrected chi connectivity index (χ1v) is 8.30. The molecule has 0 aliphatic carbocycles. The second-order valence-corrected chi connectivity index (χ2v) is 5.89. The van der Waals surface area contributed by atoms with Gasteiger partial charge < -0.3 is 5.32 Å². The average molecular weight is 322 g/mol. The van der Waals surface area contributed by atoms with Crippen LogP contribution in [0.5, 0.6) is 0 Å². The summed E-state index contributed by atoms with van der Waals surface area (Å²) >= 11 is 2.70. The number of hydrogen-bond acceptors (Lipinski definition) is 6. The molecule has 2 N–H and O–H groups in total. The number of benzene rings is 1. The van der Waals surface area contributed by atoms with E-state index in [-0.39, 0.29) is 17.2 Å². The van der Waals surface area contributed by atoms with Crippen LogP contribution in [-0.2, 0) is 4.79 Å². The molecule has 1 aromatic carbocycles. The number of anilines is 1. The predicted octanol–water partition coefficient (Wildman–Crippen LogP) is 1.93. The third kappa shape index (κ3) is 4.33. The maximum Gasteiger partial charge on any atom is 0.273 e. The van der Waals surface area contributed by atoms with Gasteiger partial charge in [-0.1, -0.05) is 23.9 Å². The summed E-state index contributed by atoms with van der Waals surface area (Å²) < 4.78 is 0. The van der Waals surface area contributed by atoms with Gasteiger partial charge in [-0.3, -0.25) is 14.6 Å². The summed E-state index contributed by atoms with van der Waals surface area (Å²) in [4.78, 5) is 26.9. The molecule has 6 nitrogen and oxygen atoms in total. The van der Waals surface area contributed by atoms with Gasteiger partial charge >= 0.3 is 0 Å². The fourth-order valence-electron chi connectivity index (χ4n) is 1.51. The third-order valence-corrected chi connectivity index (χ3v) is 4.22. The molecule has 0 fully saturated rings. The number of para-hydroxylation sites is 1. The summed E-state index contributed by atoms with van der Waals surface area (Å²) in [6.07, 6.45) is 1.95. The van der Waals surface area contributed by atoms with Gasteiger partial charge in [0.2, 0.25) is 5.91 Å². The van der Waals surface area contributed by atoms with Crippen molar-refractivity contribution < 1.29 is 4.79 Å². The van der Waals surface area contributed by atoms with E-state index >= 15 is 0 Å². The van der Waals surface area contributed by atoms with E-state index in [0.29, 0.717) is 10.9 Å². The van der Waals surface area contributed by atoms with E-state index < -0.39 is 0 Å². The van der Waals surface area contributed by atoms with E-state index in [1.54, 1.807) is 18.7 Å². The number of aromatic amines is 1. The maximum absolute atomic E-state index is 11.9. The molecular formula is C13H14N4O2S2. The van der Waals surface area contributed by atoms with Gasteiger partial charge in [-0.15, -0.1) is 22.0 Å². The first-order chi connectivity index (χ1) is 10.1. The van der Waals surface area contributed by atoms with Crippen LogP contribution in [0.2, 0.25) is 0 Å². The lowest BCUT2D eigenvalue weighted by atomic mass is 10.3. The van der Waals surface area contributed by atoms with Crippen molar-refractivity contribution in [2.24, 2.45) is 0 Å². The summed E-state index contributed by atoms with van der Waals surface area (Å²) in [7, 11) is 0. The van der Waals surface area contributed by atoms with Gasteiger partial charge in [0.1, 0.15) is 5.69 Å². The average Bonchev–Trinajstić information content (AvgIpc) is 2.49. The lowest BCUT2D eigenvalue weighted by molar-refractivity contribution is -0.113. The molecule has 0 aliphatic rings. The van der Waals surface area contributed by atoms with E-state index in [2.05, 4.69) is 20.5 Å². The van der Waals surface area contributed by atoms with Crippen molar-refractivity contribution in [2.75, 3.05) is 17.3 Å². The molecular weight excluding hydrogens is 308 g/mol. The molecule has 0 atom stereocenters. The van der Waals surface area contributed by atoms with Crippen LogP contribution in [0.4, 0.5) is 5.69 Å². The normalized spacial score (nSPS) is 10.4. The lowest BCUT2D eigenvalue weighted by Crippen LogP contribution is -2.17. The van der Waals surface area contributed by atoms with Gasteiger partial charge in [-0.05, 0) is 25.3 Å². The van der Waals surface area contributed by atoms with Crippen LogP contribution < -0.4 is 10.9 Å². The van der Waals surface area contributed by atoms with Crippen LogP contribution in [0.1, 0.15) is 5.69 Å². The Labute approximate surface area is 130 Å². The Hall–Kier alpha value is -1.80. The molecule has 2 aromatic rings. The first kappa shape index (κ1) is 15.6. The Morgan fingerprint density at radius 2 is 2.10 bits per heavy atom. The second kappa shape index (κ2) is 7.28. The van der Waals surface area contributed by atoms with Crippen LogP contribution in [0.25, 0.3) is 0 Å². The third-order valence-electron chi connectivity index (χ3n) is 2.56. The lowest BCUT2D eigenvalue weighted by Gasteiger charge is -2.08. The highest BCUT2D eigenvalue weighted by atomic mass is 32.2. The number of nitrogens with one attached hydrogen (secondary N) is 2. The molecule has 8 heteroatoms. The van der Waals surface area contributed by atoms with Crippen LogP contribution in [0, 0.1) is 6.92 Å². The van der Waals surface area contributed by atoms with Crippen molar-refractivity contribution >= 4 is 35.1 Å². The second-order valence-electron chi connectivity index (χ2n) is 4.08. The van der Waals surface area contributed by atoms with E-state index in [4.69, 9.17) is 0 Å². The van der Waals surface area contributed by atoms with Crippen molar-refractivity contribution in [3.05, 3.63) is 40.3 Å². The van der Waals surface area contributed by atoms with Crippen molar-refractivity contribution in [1.29, 1.82) is 0 Å². The summed E-state index contributed by atoms with van der Waals surface area (Å²) in [5, 5.41) is 10.7. The minimum Gasteiger partial charge on any atom is -0.324 e. The number of carbonyl (C=O) groups excluding carboxylic acids is 1. The van der Waals surface area contributed by atoms with E-state index in [1.807, 2.05) is 30.5 Å². The number of carbonyl (C=O) groups is 1. The summed E-state index contributed by atoms with van der Waals surface area (Å²) in [5.74, 6) is -0.0131. The number of aromatic nitrogens is 3. The van der Waals surface area contributed by atoms with Gasteiger partial charge in [0.25, 0.3) is 5.56 Å². The molecule has 0 unspecified atom stereocenters. The SMILES string of the molecule is CSc1ccccc1NC(=O)CSc1nnc(C)c(=O)[nH]1. The zero-order valence-corrected chi connectivity index (χ0v) is 13.2. The molecule has 0 saturated carbocycles. The monoisotopic (exact) mass is 322 g/mol. The Morgan fingerprint density at radius 3 is 2.81 bits per heavy atom. The highest BCUT2D eigenvalue weighted by Gasteiger charge is 2.08. The molecule has 0 bridgehead atoms. The van der Waals surface area contributed by atoms with Crippen molar-refractivity contribution in [2.45, 2.75) is 17.0 Å². The Kier molecular flexibility index (Phi) is 5.40. The highest BCUT2D eigenvalue weighted by molar-refractivity contribution is 7.99. The molecule has 1 heterocycles. The molecule has 0 radical (unpaired) electrons. The van der Waals surface area contributed by atoms with Gasteiger partial charge in [-0.25, -0.2) is 0 Å². The van der Waals surface area contributed by atoms with Crippen LogP contribution in [0.15, 0.2) is 39.1 Å². The van der Waals surface area contributed by atoms with Gasteiger partial charge in [0, 0.05) is 4.90 Å². The van der Waals surface area contributed by atoms with Crippen LogP contribution in [-0.4, -0.2) is 33.1 Å². The molecule has 0 saturated heterocycles. The molecule has 21 heavy (non-hydrogen) atoms. The first-order valence-electron chi connectivity index (χ1n) is 6.09. The zero-order chi connectivity index (χ0) is 15.2. The molecule has 0 spiro atoms. The molecule has 2 rings (SSSR count). The minimum absolute atomic E-state index is 0.149. The van der Waals surface area contributed by atoms with E-state index in [1.165, 1.54) is 0 Å². The number of rotatable bonds is 5. The summed E-state index contributed by atoms with van der Waals surface area (Å²) in [5.41, 5.74) is 0.789. The van der Waals surface area contributed by atoms with Gasteiger partial charge in [-0.2, -0.15) is 0 Å². The largest absolute Gasteiger partial charge is 0.324 e. The van der Waals surface area contributed by atoms with Gasteiger partial charge in [0.15, 0.2) is 5.16 Å². The van der Waals surface area contributed by atoms with Crippen LogP contribution in [0.3, 0.4) is 0 Å². The Morgan fingerprint density at radius 1 is 1.33 bits per heavy atom. The predicted molar refractivity (Wildman–Crippen MR) is 85.0 cm³/mol. The van der Waals surface area contributed by atoms with Crippen LogP contribution >= 0.6 is 23.5 Å². The molecule has 0 aliphatic heterocycles. The molecule has 1 aromatic heterocycles. The molecule has 1 amide bonds. The molecule has 110 valence electrons. The number of nitrogens with zero attached hydrogens (tertiary/aromatic N) is 2. The minimum atomic E-state index is -0.291. The fourth-order valence-corrected chi connectivity index (χ4v) is 2.67. The van der Waals surface area contributed by atoms with Crippen molar-refractivity contribution in [1.82, 2.24) is 15.2 Å². The Balaban J connectivity index is 1.96. The quantitative estimate of drug-likeness (QED) is 0.818. The standard InChI is InChI=1S/C13H14N4O2S2/c1-8-12(19)15-13(17-16-8)21-7-11(18)14-9-5-3-4-6-10(9)20-2/h3-6H,7H2,1-2H3,(H,14,18)(H,15,17,19). The number of aryl methyl sites for hydroxylation is 1. The topological polar surface area (TPSA) is 87.7 Å².